The third-order valence-electron chi connectivity index (χ3n) is 2.19. The Balaban J connectivity index is 4.22. The lowest BCUT2D eigenvalue weighted by molar-refractivity contribution is -0.433. The molecule has 5 N–H and O–H groups in total. The Bertz CT molecular complexity index is 148. The van der Waals surface area contributed by atoms with E-state index in [1.165, 1.54) is 0 Å². The molecular weight excluding hydrogens is 150 g/mol. The second-order valence-electron chi connectivity index (χ2n) is 3.65. The van der Waals surface area contributed by atoms with Crippen LogP contribution in [-0.4, -0.2) is 12.0 Å². The van der Waals surface area contributed by atoms with Crippen molar-refractivity contribution in [2.45, 2.75) is 40.3 Å². The molecule has 0 aliphatic carbocycles. The summed E-state index contributed by atoms with van der Waals surface area (Å²) in [6.07, 6.45) is 1.22. The molecular formula is C9H22N3+. The van der Waals surface area contributed by atoms with Crippen LogP contribution in [0.5, 0.6) is 0 Å². The molecule has 0 aliphatic rings. The van der Waals surface area contributed by atoms with E-state index in [4.69, 9.17) is 5.73 Å². The van der Waals surface area contributed by atoms with Crippen LogP contribution < -0.4 is 11.5 Å². The number of aliphatic imine (C=N–C) groups is 1. The van der Waals surface area contributed by atoms with Crippen LogP contribution in [0.2, 0.25) is 0 Å². The molecule has 0 spiro atoms. The average molecular weight is 172 g/mol. The average Bonchev–Trinajstić information content (AvgIpc) is 1.85. The summed E-state index contributed by atoms with van der Waals surface area (Å²) in [4.78, 5) is 4.25. The molecule has 3 nitrogen and oxygen atoms in total. The predicted octanol–water partition coefficient (Wildman–Crippen LogP) is 0.614. The van der Waals surface area contributed by atoms with E-state index in [2.05, 4.69) is 31.5 Å². The van der Waals surface area contributed by atoms with E-state index in [1.807, 2.05) is 6.92 Å². The Kier molecular flexibility index (Phi) is 4.90. The zero-order valence-corrected chi connectivity index (χ0v) is 8.67. The van der Waals surface area contributed by atoms with Crippen LogP contribution in [0.1, 0.15) is 34.1 Å². The monoisotopic (exact) mass is 172 g/mol. The molecule has 72 valence electrons. The summed E-state index contributed by atoms with van der Waals surface area (Å²) >= 11 is 0. The van der Waals surface area contributed by atoms with Gasteiger partial charge in [-0.2, -0.15) is 0 Å². The number of rotatable bonds is 4. The summed E-state index contributed by atoms with van der Waals surface area (Å²) < 4.78 is 0. The molecule has 3 heteroatoms. The van der Waals surface area contributed by atoms with Crippen LogP contribution in [0, 0.1) is 11.8 Å². The highest BCUT2D eigenvalue weighted by Crippen LogP contribution is 2.17. The minimum atomic E-state index is 0.111. The molecule has 0 saturated heterocycles. The highest BCUT2D eigenvalue weighted by atomic mass is 15.0. The van der Waals surface area contributed by atoms with Gasteiger partial charge in [0.2, 0.25) is 0 Å². The van der Waals surface area contributed by atoms with Crippen molar-refractivity contribution in [2.24, 2.45) is 22.6 Å². The van der Waals surface area contributed by atoms with Gasteiger partial charge in [-0.15, -0.1) is 0 Å². The third-order valence-corrected chi connectivity index (χ3v) is 2.19. The first-order valence-corrected chi connectivity index (χ1v) is 4.62. The first-order valence-electron chi connectivity index (χ1n) is 4.62. The first kappa shape index (κ1) is 11.4. The molecule has 0 aromatic heterocycles. The predicted molar refractivity (Wildman–Crippen MR) is 52.6 cm³/mol. The van der Waals surface area contributed by atoms with Gasteiger partial charge >= 0.3 is 0 Å². The number of nitrogens with two attached hydrogens (primary N) is 1. The van der Waals surface area contributed by atoms with Gasteiger partial charge in [0, 0.05) is 5.92 Å². The summed E-state index contributed by atoms with van der Waals surface area (Å²) in [5.41, 5.74) is 9.50. The minimum Gasteiger partial charge on any atom is -0.388 e. The Morgan fingerprint density at radius 2 is 2.00 bits per heavy atom. The fourth-order valence-electron chi connectivity index (χ4n) is 1.55. The lowest BCUT2D eigenvalue weighted by atomic mass is 9.91. The lowest BCUT2D eigenvalue weighted by Crippen LogP contribution is -2.64. The fraction of sp³-hybridized carbons (Fsp3) is 0.889. The third kappa shape index (κ3) is 3.72. The van der Waals surface area contributed by atoms with Gasteiger partial charge in [-0.1, -0.05) is 20.8 Å². The normalized spacial score (nSPS) is 18.0. The van der Waals surface area contributed by atoms with Crippen molar-refractivity contribution in [1.82, 2.24) is 0 Å². The number of amidine groups is 1. The Morgan fingerprint density at radius 1 is 1.50 bits per heavy atom. The van der Waals surface area contributed by atoms with E-state index < -0.39 is 0 Å². The Labute approximate surface area is 75.2 Å². The maximum atomic E-state index is 5.50. The van der Waals surface area contributed by atoms with Crippen LogP contribution in [0.4, 0.5) is 0 Å². The second-order valence-corrected chi connectivity index (χ2v) is 3.65. The van der Waals surface area contributed by atoms with Crippen molar-refractivity contribution in [3.8, 4) is 0 Å². The molecule has 0 saturated carbocycles. The van der Waals surface area contributed by atoms with Gasteiger partial charge in [0.1, 0.15) is 0 Å². The molecule has 0 bridgehead atoms. The molecule has 12 heavy (non-hydrogen) atoms. The smallest absolute Gasteiger partial charge is 0.182 e. The van der Waals surface area contributed by atoms with Crippen molar-refractivity contribution in [3.63, 3.8) is 0 Å². The van der Waals surface area contributed by atoms with Crippen LogP contribution in [0.15, 0.2) is 4.99 Å². The van der Waals surface area contributed by atoms with Crippen molar-refractivity contribution >= 4 is 5.84 Å². The molecule has 0 heterocycles. The van der Waals surface area contributed by atoms with E-state index >= 15 is 0 Å². The summed E-state index contributed by atoms with van der Waals surface area (Å²) in [5.74, 6) is 1.80. The molecule has 0 aliphatic heterocycles. The van der Waals surface area contributed by atoms with E-state index in [0.717, 1.165) is 6.42 Å². The quantitative estimate of drug-likeness (QED) is 0.473. The van der Waals surface area contributed by atoms with Crippen molar-refractivity contribution in [3.05, 3.63) is 0 Å². The molecule has 0 radical (unpaired) electrons. The van der Waals surface area contributed by atoms with Crippen molar-refractivity contribution in [2.75, 3.05) is 0 Å². The number of hydrogen-bond donors (Lipinski definition) is 2. The van der Waals surface area contributed by atoms with Crippen LogP contribution in [0.3, 0.4) is 0 Å². The summed E-state index contributed by atoms with van der Waals surface area (Å²) in [7, 11) is 0. The maximum absolute atomic E-state index is 5.50. The van der Waals surface area contributed by atoms with E-state index in [9.17, 15) is 0 Å². The van der Waals surface area contributed by atoms with Gasteiger partial charge in [-0.25, -0.2) is 4.99 Å². The van der Waals surface area contributed by atoms with Gasteiger partial charge in [0.15, 0.2) is 6.17 Å². The summed E-state index contributed by atoms with van der Waals surface area (Å²) in [5, 5.41) is 0. The largest absolute Gasteiger partial charge is 0.388 e. The van der Waals surface area contributed by atoms with Gasteiger partial charge < -0.3 is 11.5 Å². The van der Waals surface area contributed by atoms with Crippen LogP contribution >= 0.6 is 0 Å². The molecule has 2 atom stereocenters. The number of hydrogen-bond acceptors (Lipinski definition) is 1. The van der Waals surface area contributed by atoms with Gasteiger partial charge in [0.25, 0.3) is 0 Å². The highest BCUT2D eigenvalue weighted by molar-refractivity contribution is 5.77. The maximum Gasteiger partial charge on any atom is 0.182 e. The van der Waals surface area contributed by atoms with E-state index in [0.29, 0.717) is 17.7 Å². The molecule has 0 rings (SSSR count). The van der Waals surface area contributed by atoms with E-state index in [1.54, 1.807) is 0 Å². The van der Waals surface area contributed by atoms with Crippen molar-refractivity contribution < 1.29 is 5.73 Å². The fourth-order valence-corrected chi connectivity index (χ4v) is 1.55. The van der Waals surface area contributed by atoms with Gasteiger partial charge in [0.05, 0.1) is 5.84 Å². The highest BCUT2D eigenvalue weighted by Gasteiger charge is 2.21. The van der Waals surface area contributed by atoms with Crippen molar-refractivity contribution in [1.29, 1.82) is 0 Å². The SMILES string of the molecule is CCC(C(C)C)C([NH3+])N=C(C)N. The van der Waals surface area contributed by atoms with Crippen LogP contribution in [0.25, 0.3) is 0 Å². The Hall–Kier alpha value is -0.570. The summed E-state index contributed by atoms with van der Waals surface area (Å²) in [6.45, 7) is 8.39. The number of quaternary nitrogens is 1. The standard InChI is InChI=1S/C9H21N3/c1-5-8(6(2)3)9(11)12-7(4)10/h6,8-9H,5,11H2,1-4H3,(H2,10,12)/p+1. The Morgan fingerprint density at radius 3 is 2.25 bits per heavy atom. The minimum absolute atomic E-state index is 0.111. The number of nitrogens with zero attached hydrogens (tertiary/aromatic N) is 1. The zero-order valence-electron chi connectivity index (χ0n) is 8.67. The molecule has 0 amide bonds. The lowest BCUT2D eigenvalue weighted by Gasteiger charge is -2.20. The summed E-state index contributed by atoms with van der Waals surface area (Å²) in [6, 6.07) is 0. The first-order chi connectivity index (χ1) is 5.49. The van der Waals surface area contributed by atoms with E-state index in [-0.39, 0.29) is 6.17 Å². The van der Waals surface area contributed by atoms with Crippen LogP contribution in [-0.2, 0) is 0 Å². The topological polar surface area (TPSA) is 66.0 Å². The second kappa shape index (κ2) is 5.14. The molecule has 0 aromatic carbocycles. The van der Waals surface area contributed by atoms with Gasteiger partial charge in [-0.05, 0) is 19.3 Å². The van der Waals surface area contributed by atoms with Gasteiger partial charge in [-0.3, -0.25) is 0 Å². The molecule has 0 aromatic rings. The molecule has 2 unspecified atom stereocenters. The zero-order chi connectivity index (χ0) is 9.72. The molecule has 0 fully saturated rings.